The summed E-state index contributed by atoms with van der Waals surface area (Å²) in [6, 6.07) is 0.0331. The van der Waals surface area contributed by atoms with Crippen LogP contribution in [0.15, 0.2) is 0 Å². The van der Waals surface area contributed by atoms with E-state index < -0.39 is 0 Å². The quantitative estimate of drug-likeness (QED) is 0.749. The molecule has 1 heterocycles. The number of ether oxygens (including phenoxy) is 1. The second-order valence-corrected chi connectivity index (χ2v) is 4.03. The molecule has 0 aromatic rings. The topological polar surface area (TPSA) is 53.0 Å². The first-order valence-electron chi connectivity index (χ1n) is 5.93. The van der Waals surface area contributed by atoms with E-state index >= 15 is 0 Å². The van der Waals surface area contributed by atoms with E-state index in [2.05, 4.69) is 0 Å². The summed E-state index contributed by atoms with van der Waals surface area (Å²) in [4.78, 5) is 15.6. The summed E-state index contributed by atoms with van der Waals surface area (Å²) >= 11 is 0. The van der Waals surface area contributed by atoms with Crippen LogP contribution in [0.2, 0.25) is 0 Å². The van der Waals surface area contributed by atoms with Crippen LogP contribution in [0.3, 0.4) is 0 Å². The van der Waals surface area contributed by atoms with Crippen molar-refractivity contribution < 1.29 is 14.6 Å². The third kappa shape index (κ3) is 3.98. The Morgan fingerprint density at radius 2 is 2.00 bits per heavy atom. The van der Waals surface area contributed by atoms with Crippen LogP contribution in [0.25, 0.3) is 0 Å². The van der Waals surface area contributed by atoms with E-state index in [1.54, 1.807) is 12.0 Å². The van der Waals surface area contributed by atoms with Crippen molar-refractivity contribution in [2.75, 3.05) is 46.5 Å². The smallest absolute Gasteiger partial charge is 0.320 e. The Hall–Kier alpha value is -0.810. The molecule has 1 rings (SSSR count). The Labute approximate surface area is 97.0 Å². The van der Waals surface area contributed by atoms with Crippen LogP contribution >= 0.6 is 0 Å². The molecule has 0 aliphatic carbocycles. The summed E-state index contributed by atoms with van der Waals surface area (Å²) in [5, 5.41) is 8.93. The van der Waals surface area contributed by atoms with Crippen molar-refractivity contribution in [2.24, 2.45) is 0 Å². The van der Waals surface area contributed by atoms with Gasteiger partial charge in [0.1, 0.15) is 0 Å². The number of carbonyl (C=O) groups excluding carboxylic acids is 1. The molecule has 5 heteroatoms. The Morgan fingerprint density at radius 3 is 2.56 bits per heavy atom. The number of hydrogen-bond acceptors (Lipinski definition) is 3. The standard InChI is InChI=1S/C11H22N2O3/c1-16-10-8-13(7-9-14)11(15)12-5-3-2-4-6-12/h14H,2-10H2,1H3. The Balaban J connectivity index is 2.44. The molecular formula is C11H22N2O3. The van der Waals surface area contributed by atoms with Crippen LogP contribution in [0.5, 0.6) is 0 Å². The molecule has 1 aliphatic rings. The van der Waals surface area contributed by atoms with Crippen molar-refractivity contribution in [2.45, 2.75) is 19.3 Å². The van der Waals surface area contributed by atoms with Crippen LogP contribution in [-0.4, -0.2) is 67.4 Å². The van der Waals surface area contributed by atoms with Gasteiger partial charge in [0.25, 0.3) is 0 Å². The molecule has 5 nitrogen and oxygen atoms in total. The van der Waals surface area contributed by atoms with Gasteiger partial charge in [-0.1, -0.05) is 0 Å². The van der Waals surface area contributed by atoms with E-state index in [-0.39, 0.29) is 12.6 Å². The fourth-order valence-electron chi connectivity index (χ4n) is 1.91. The van der Waals surface area contributed by atoms with E-state index in [0.29, 0.717) is 19.7 Å². The van der Waals surface area contributed by atoms with Crippen molar-refractivity contribution in [3.8, 4) is 0 Å². The number of rotatable bonds is 5. The maximum Gasteiger partial charge on any atom is 0.320 e. The highest BCUT2D eigenvalue weighted by molar-refractivity contribution is 5.74. The van der Waals surface area contributed by atoms with Crippen LogP contribution in [0.1, 0.15) is 19.3 Å². The number of methoxy groups -OCH3 is 1. The summed E-state index contributed by atoms with van der Waals surface area (Å²) in [6.45, 7) is 3.13. The van der Waals surface area contributed by atoms with E-state index in [4.69, 9.17) is 9.84 Å². The number of likely N-dealkylation sites (tertiary alicyclic amines) is 1. The summed E-state index contributed by atoms with van der Waals surface area (Å²) in [5.41, 5.74) is 0. The number of aliphatic hydroxyl groups is 1. The number of piperidine rings is 1. The highest BCUT2D eigenvalue weighted by Crippen LogP contribution is 2.11. The highest BCUT2D eigenvalue weighted by atomic mass is 16.5. The third-order valence-corrected chi connectivity index (χ3v) is 2.83. The Morgan fingerprint density at radius 1 is 1.31 bits per heavy atom. The van der Waals surface area contributed by atoms with Gasteiger partial charge in [-0.2, -0.15) is 0 Å². The molecule has 94 valence electrons. The van der Waals surface area contributed by atoms with Gasteiger partial charge in [-0.15, -0.1) is 0 Å². The average molecular weight is 230 g/mol. The average Bonchev–Trinajstić information content (AvgIpc) is 2.35. The lowest BCUT2D eigenvalue weighted by atomic mass is 10.1. The van der Waals surface area contributed by atoms with Gasteiger partial charge in [0.05, 0.1) is 13.2 Å². The normalized spacial score (nSPS) is 16.2. The Kier molecular flexibility index (Phi) is 6.18. The second kappa shape index (κ2) is 7.46. The van der Waals surface area contributed by atoms with Crippen LogP contribution in [-0.2, 0) is 4.74 Å². The monoisotopic (exact) mass is 230 g/mol. The first-order valence-corrected chi connectivity index (χ1v) is 5.93. The zero-order chi connectivity index (χ0) is 11.8. The molecule has 1 fully saturated rings. The minimum atomic E-state index is 0.00327. The van der Waals surface area contributed by atoms with Crippen LogP contribution < -0.4 is 0 Å². The van der Waals surface area contributed by atoms with Crippen molar-refractivity contribution in [3.05, 3.63) is 0 Å². The molecule has 16 heavy (non-hydrogen) atoms. The molecule has 1 aliphatic heterocycles. The molecule has 0 radical (unpaired) electrons. The molecular weight excluding hydrogens is 208 g/mol. The van der Waals surface area contributed by atoms with E-state index in [1.165, 1.54) is 6.42 Å². The molecule has 0 aromatic carbocycles. The van der Waals surface area contributed by atoms with Gasteiger partial charge in [-0.25, -0.2) is 4.79 Å². The zero-order valence-corrected chi connectivity index (χ0v) is 10.0. The minimum absolute atomic E-state index is 0.00327. The van der Waals surface area contributed by atoms with Crippen molar-refractivity contribution in [3.63, 3.8) is 0 Å². The molecule has 0 atom stereocenters. The number of aliphatic hydroxyl groups excluding tert-OH is 1. The molecule has 1 N–H and O–H groups in total. The maximum absolute atomic E-state index is 12.1. The number of urea groups is 1. The summed E-state index contributed by atoms with van der Waals surface area (Å²) in [7, 11) is 1.61. The number of amides is 2. The fourth-order valence-corrected chi connectivity index (χ4v) is 1.91. The fraction of sp³-hybridized carbons (Fsp3) is 0.909. The lowest BCUT2D eigenvalue weighted by Crippen LogP contribution is -2.47. The van der Waals surface area contributed by atoms with Gasteiger partial charge in [0.2, 0.25) is 0 Å². The highest BCUT2D eigenvalue weighted by Gasteiger charge is 2.21. The Bertz CT molecular complexity index is 205. The predicted octanol–water partition coefficient (Wildman–Crippen LogP) is 0.533. The van der Waals surface area contributed by atoms with Gasteiger partial charge in [-0.3, -0.25) is 0 Å². The van der Waals surface area contributed by atoms with Crippen LogP contribution in [0.4, 0.5) is 4.79 Å². The first-order chi connectivity index (χ1) is 7.79. The van der Waals surface area contributed by atoms with Crippen molar-refractivity contribution in [1.82, 2.24) is 9.80 Å². The van der Waals surface area contributed by atoms with E-state index in [0.717, 1.165) is 25.9 Å². The number of hydrogen-bond donors (Lipinski definition) is 1. The maximum atomic E-state index is 12.1. The van der Waals surface area contributed by atoms with Gasteiger partial charge in [0, 0.05) is 33.3 Å². The zero-order valence-electron chi connectivity index (χ0n) is 10.0. The SMILES string of the molecule is COCCN(CCO)C(=O)N1CCCCC1. The second-order valence-electron chi connectivity index (χ2n) is 4.03. The molecule has 0 spiro atoms. The molecule has 0 aromatic heterocycles. The van der Waals surface area contributed by atoms with Crippen molar-refractivity contribution in [1.29, 1.82) is 0 Å². The van der Waals surface area contributed by atoms with Crippen LogP contribution in [0, 0.1) is 0 Å². The predicted molar refractivity (Wildman–Crippen MR) is 61.4 cm³/mol. The number of nitrogens with zero attached hydrogens (tertiary/aromatic N) is 2. The van der Waals surface area contributed by atoms with E-state index in [9.17, 15) is 4.79 Å². The minimum Gasteiger partial charge on any atom is -0.395 e. The third-order valence-electron chi connectivity index (χ3n) is 2.83. The molecule has 0 bridgehead atoms. The van der Waals surface area contributed by atoms with E-state index in [1.807, 2.05) is 4.90 Å². The largest absolute Gasteiger partial charge is 0.395 e. The van der Waals surface area contributed by atoms with Gasteiger partial charge in [0.15, 0.2) is 0 Å². The van der Waals surface area contributed by atoms with Gasteiger partial charge < -0.3 is 19.6 Å². The lowest BCUT2D eigenvalue weighted by Gasteiger charge is -2.32. The first kappa shape index (κ1) is 13.3. The molecule has 0 unspecified atom stereocenters. The summed E-state index contributed by atoms with van der Waals surface area (Å²) in [6.07, 6.45) is 3.38. The summed E-state index contributed by atoms with van der Waals surface area (Å²) < 4.78 is 4.96. The lowest BCUT2D eigenvalue weighted by molar-refractivity contribution is 0.109. The number of carbonyl (C=O) groups is 1. The summed E-state index contributed by atoms with van der Waals surface area (Å²) in [5.74, 6) is 0. The molecule has 1 saturated heterocycles. The molecule has 2 amide bonds. The van der Waals surface area contributed by atoms with Gasteiger partial charge >= 0.3 is 6.03 Å². The van der Waals surface area contributed by atoms with Crippen molar-refractivity contribution >= 4 is 6.03 Å². The van der Waals surface area contributed by atoms with Gasteiger partial charge in [-0.05, 0) is 19.3 Å². The molecule has 0 saturated carbocycles.